The van der Waals surface area contributed by atoms with E-state index in [0.717, 1.165) is 114 Å². The van der Waals surface area contributed by atoms with Gasteiger partial charge in [0.1, 0.15) is 19.3 Å². The van der Waals surface area contributed by atoms with E-state index in [-0.39, 0.29) is 25.7 Å². The Kier molecular flexibility index (Phi) is 56.6. The van der Waals surface area contributed by atoms with Gasteiger partial charge in [-0.2, -0.15) is 0 Å². The van der Waals surface area contributed by atoms with E-state index < -0.39 is 97.5 Å². The maximum absolute atomic E-state index is 13.0. The minimum absolute atomic E-state index is 0.102. The van der Waals surface area contributed by atoms with Crippen molar-refractivity contribution in [2.75, 3.05) is 39.6 Å². The van der Waals surface area contributed by atoms with Crippen LogP contribution in [0.3, 0.4) is 0 Å². The number of hydrogen-bond acceptors (Lipinski definition) is 15. The first kappa shape index (κ1) is 85.1. The molecule has 17 nitrogen and oxygen atoms in total. The fraction of sp³-hybridized carbons (Fsp3) is 0.941. The molecule has 8 atom stereocenters. The third-order valence-corrected chi connectivity index (χ3v) is 18.6. The monoisotopic (exact) mass is 1280 g/mol. The van der Waals surface area contributed by atoms with E-state index in [9.17, 15) is 43.2 Å². The van der Waals surface area contributed by atoms with Gasteiger partial charge in [0.15, 0.2) is 12.2 Å². The first-order valence-corrected chi connectivity index (χ1v) is 38.3. The highest BCUT2D eigenvalue weighted by Gasteiger charge is 2.30. The van der Waals surface area contributed by atoms with E-state index in [4.69, 9.17) is 37.0 Å². The van der Waals surface area contributed by atoms with Crippen molar-refractivity contribution in [2.45, 2.75) is 350 Å². The number of esters is 4. The standard InChI is InChI=1S/C68H132O17P2/c1-9-59(6)45-37-29-21-14-12-13-15-23-32-40-48-65(70)78-54-63(84-67(72)50-42-34-25-19-17-22-30-38-46-60(7)10-2)56-82-86(74,75)80-52-62(69)53-81-87(76,77)83-57-64(85-68(73)51-43-35-27-26-31-39-47-61(8)11-3)55-79-66(71)49-41-33-24-18-16-20-28-36-44-58(4)5/h58-64,69H,9-57H2,1-8H3,(H,74,75)(H,76,77)/t59?,60?,61?,62?,63-,64-/m1/s1. The van der Waals surface area contributed by atoms with Crippen LogP contribution in [0, 0.1) is 23.7 Å². The molecule has 0 aliphatic heterocycles. The average molecular weight is 1280 g/mol. The van der Waals surface area contributed by atoms with Gasteiger partial charge in [0.2, 0.25) is 0 Å². The van der Waals surface area contributed by atoms with Crippen molar-refractivity contribution in [2.24, 2.45) is 23.7 Å². The van der Waals surface area contributed by atoms with Crippen LogP contribution < -0.4 is 0 Å². The maximum atomic E-state index is 13.0. The largest absolute Gasteiger partial charge is 0.472 e. The summed E-state index contributed by atoms with van der Waals surface area (Å²) in [5, 5.41) is 10.6. The summed E-state index contributed by atoms with van der Waals surface area (Å²) in [5.41, 5.74) is 0. The molecule has 3 N–H and O–H groups in total. The van der Waals surface area contributed by atoms with Crippen molar-refractivity contribution in [3.63, 3.8) is 0 Å². The molecule has 0 saturated heterocycles. The van der Waals surface area contributed by atoms with Gasteiger partial charge in [-0.3, -0.25) is 37.3 Å². The molecule has 516 valence electrons. The predicted molar refractivity (Wildman–Crippen MR) is 349 cm³/mol. The second-order valence-electron chi connectivity index (χ2n) is 25.8. The minimum atomic E-state index is -4.95. The number of aliphatic hydroxyl groups is 1. The number of aliphatic hydroxyl groups excluding tert-OH is 1. The van der Waals surface area contributed by atoms with E-state index >= 15 is 0 Å². The molecule has 0 rings (SSSR count). The molecule has 0 heterocycles. The van der Waals surface area contributed by atoms with Gasteiger partial charge in [-0.15, -0.1) is 0 Å². The summed E-state index contributed by atoms with van der Waals surface area (Å²) in [6, 6.07) is 0. The first-order chi connectivity index (χ1) is 41.7. The predicted octanol–water partition coefficient (Wildman–Crippen LogP) is 18.9. The Hall–Kier alpha value is -1.94. The number of phosphoric ester groups is 2. The highest BCUT2D eigenvalue weighted by Crippen LogP contribution is 2.45. The lowest BCUT2D eigenvalue weighted by Gasteiger charge is -2.21. The summed E-state index contributed by atoms with van der Waals surface area (Å²) in [5.74, 6) is 0.889. The zero-order valence-electron chi connectivity index (χ0n) is 56.6. The molecule has 19 heteroatoms. The average Bonchev–Trinajstić information content (AvgIpc) is 3.55. The SMILES string of the molecule is CCC(C)CCCCCCCCCCCCC(=O)OC[C@H](COP(=O)(O)OCC(O)COP(=O)(O)OC[C@@H](COC(=O)CCCCCCCCCCC(C)C)OC(=O)CCCCCCCCC(C)CC)OC(=O)CCCCCCCCCCC(C)CC. The second kappa shape index (κ2) is 57.9. The molecule has 0 bridgehead atoms. The summed E-state index contributed by atoms with van der Waals surface area (Å²) in [6.07, 6.45) is 38.9. The summed E-state index contributed by atoms with van der Waals surface area (Å²) in [4.78, 5) is 72.4. The Morgan fingerprint density at radius 2 is 0.552 bits per heavy atom. The lowest BCUT2D eigenvalue weighted by molar-refractivity contribution is -0.161. The Balaban J connectivity index is 5.26. The summed E-state index contributed by atoms with van der Waals surface area (Å²) < 4.78 is 68.2. The van der Waals surface area contributed by atoms with E-state index in [1.807, 2.05) is 0 Å². The molecule has 0 spiro atoms. The zero-order valence-corrected chi connectivity index (χ0v) is 58.4. The van der Waals surface area contributed by atoms with E-state index in [0.29, 0.717) is 25.7 Å². The van der Waals surface area contributed by atoms with Gasteiger partial charge in [0.25, 0.3) is 0 Å². The van der Waals surface area contributed by atoms with Gasteiger partial charge in [-0.25, -0.2) is 9.13 Å². The van der Waals surface area contributed by atoms with Crippen LogP contribution in [0.25, 0.3) is 0 Å². The third kappa shape index (κ3) is 58.9. The maximum Gasteiger partial charge on any atom is 0.472 e. The van der Waals surface area contributed by atoms with Crippen molar-refractivity contribution in [3.05, 3.63) is 0 Å². The number of phosphoric acid groups is 2. The molecular formula is C68H132O17P2. The Morgan fingerprint density at radius 1 is 0.322 bits per heavy atom. The fourth-order valence-corrected chi connectivity index (χ4v) is 11.6. The van der Waals surface area contributed by atoms with Gasteiger partial charge in [-0.05, 0) is 49.4 Å². The van der Waals surface area contributed by atoms with Crippen molar-refractivity contribution in [1.29, 1.82) is 0 Å². The van der Waals surface area contributed by atoms with Crippen molar-refractivity contribution >= 4 is 39.5 Å². The van der Waals surface area contributed by atoms with Crippen molar-refractivity contribution in [3.8, 4) is 0 Å². The highest BCUT2D eigenvalue weighted by atomic mass is 31.2. The van der Waals surface area contributed by atoms with Gasteiger partial charge in [0, 0.05) is 25.7 Å². The Bertz CT molecular complexity index is 1740. The zero-order chi connectivity index (χ0) is 64.7. The topological polar surface area (TPSA) is 237 Å². The number of carbonyl (C=O) groups excluding carboxylic acids is 4. The Morgan fingerprint density at radius 3 is 0.816 bits per heavy atom. The molecule has 0 aromatic carbocycles. The lowest BCUT2D eigenvalue weighted by Crippen LogP contribution is -2.30. The highest BCUT2D eigenvalue weighted by molar-refractivity contribution is 7.47. The number of unbranched alkanes of at least 4 members (excludes halogenated alkanes) is 28. The molecular weight excluding hydrogens is 1150 g/mol. The van der Waals surface area contributed by atoms with Gasteiger partial charge in [0.05, 0.1) is 26.4 Å². The molecule has 0 saturated carbocycles. The van der Waals surface area contributed by atoms with E-state index in [2.05, 4.69) is 55.4 Å². The van der Waals surface area contributed by atoms with Crippen LogP contribution in [0.15, 0.2) is 0 Å². The summed E-state index contributed by atoms with van der Waals surface area (Å²) in [6.45, 7) is 14.1. The van der Waals surface area contributed by atoms with Gasteiger partial charge >= 0.3 is 39.5 Å². The normalized spacial score (nSPS) is 15.3. The molecule has 0 amide bonds. The van der Waals surface area contributed by atoms with Crippen LogP contribution in [0.2, 0.25) is 0 Å². The molecule has 0 fully saturated rings. The van der Waals surface area contributed by atoms with Crippen LogP contribution in [0.5, 0.6) is 0 Å². The molecule has 6 unspecified atom stereocenters. The quantitative estimate of drug-likeness (QED) is 0.0222. The van der Waals surface area contributed by atoms with Crippen LogP contribution in [0.4, 0.5) is 0 Å². The third-order valence-electron chi connectivity index (χ3n) is 16.7. The van der Waals surface area contributed by atoms with Gasteiger partial charge in [-0.1, -0.05) is 280 Å². The Labute approximate surface area is 530 Å². The molecule has 0 aliphatic carbocycles. The summed E-state index contributed by atoms with van der Waals surface area (Å²) in [7, 11) is -9.90. The molecule has 0 aliphatic rings. The number of carbonyl (C=O) groups is 4. The summed E-state index contributed by atoms with van der Waals surface area (Å²) >= 11 is 0. The molecule has 87 heavy (non-hydrogen) atoms. The number of ether oxygens (including phenoxy) is 4. The van der Waals surface area contributed by atoms with Gasteiger partial charge < -0.3 is 33.8 Å². The van der Waals surface area contributed by atoms with Crippen LogP contribution in [0.1, 0.15) is 331 Å². The molecule has 0 aromatic heterocycles. The number of hydrogen-bond donors (Lipinski definition) is 3. The fourth-order valence-electron chi connectivity index (χ4n) is 10.0. The van der Waals surface area contributed by atoms with Crippen LogP contribution in [-0.2, 0) is 65.4 Å². The van der Waals surface area contributed by atoms with Crippen molar-refractivity contribution in [1.82, 2.24) is 0 Å². The van der Waals surface area contributed by atoms with Crippen LogP contribution in [-0.4, -0.2) is 96.7 Å². The molecule has 0 aromatic rings. The second-order valence-corrected chi connectivity index (χ2v) is 28.7. The number of rotatable bonds is 65. The van der Waals surface area contributed by atoms with E-state index in [1.165, 1.54) is 135 Å². The smallest absolute Gasteiger partial charge is 0.462 e. The lowest BCUT2D eigenvalue weighted by atomic mass is 9.99. The first-order valence-electron chi connectivity index (χ1n) is 35.3. The van der Waals surface area contributed by atoms with E-state index in [1.54, 1.807) is 0 Å². The van der Waals surface area contributed by atoms with Crippen molar-refractivity contribution < 1.29 is 80.2 Å². The van der Waals surface area contributed by atoms with Crippen LogP contribution >= 0.6 is 15.6 Å². The molecule has 0 radical (unpaired) electrons. The minimum Gasteiger partial charge on any atom is -0.462 e.